The number of aromatic nitrogens is 4. The Morgan fingerprint density at radius 2 is 2.00 bits per heavy atom. The van der Waals surface area contributed by atoms with Crippen LogP contribution in [0.25, 0.3) is 11.0 Å². The fraction of sp³-hybridized carbons (Fsp3) is 0.190. The molecule has 0 aliphatic rings. The zero-order valence-electron chi connectivity index (χ0n) is 15.8. The van der Waals surface area contributed by atoms with Gasteiger partial charge in [-0.3, -0.25) is 13.9 Å². The summed E-state index contributed by atoms with van der Waals surface area (Å²) in [5.41, 5.74) is 4.09. The molecule has 28 heavy (non-hydrogen) atoms. The number of benzene rings is 1. The molecule has 0 radical (unpaired) electrons. The number of imidazole rings is 1. The second-order valence-electron chi connectivity index (χ2n) is 6.65. The molecule has 0 aliphatic carbocycles. The molecular formula is C21H21N5OS. The number of fused-ring (bicyclic) bond motifs is 1. The van der Waals surface area contributed by atoms with Crippen LogP contribution in [0, 0.1) is 13.8 Å². The van der Waals surface area contributed by atoms with Gasteiger partial charge in [0.1, 0.15) is 0 Å². The molecule has 4 aromatic rings. The van der Waals surface area contributed by atoms with Crippen molar-refractivity contribution in [1.82, 2.24) is 24.5 Å². The van der Waals surface area contributed by atoms with E-state index >= 15 is 0 Å². The highest BCUT2D eigenvalue weighted by atomic mass is 32.1. The summed E-state index contributed by atoms with van der Waals surface area (Å²) in [6.45, 7) is 5.24. The van der Waals surface area contributed by atoms with Gasteiger partial charge in [-0.25, -0.2) is 4.98 Å². The first-order valence-electron chi connectivity index (χ1n) is 9.05. The molecule has 0 saturated heterocycles. The largest absolute Gasteiger partial charge is 0.348 e. The van der Waals surface area contributed by atoms with Crippen LogP contribution in [-0.4, -0.2) is 25.1 Å². The SMILES string of the molecule is Cc1cn2c(/C=C/C(=O)NCc3ccc(Cn4cccn4)cc3)c(C)nc2s1. The zero-order valence-corrected chi connectivity index (χ0v) is 16.6. The summed E-state index contributed by atoms with van der Waals surface area (Å²) >= 11 is 1.64. The van der Waals surface area contributed by atoms with E-state index in [-0.39, 0.29) is 5.91 Å². The molecule has 1 N–H and O–H groups in total. The maximum atomic E-state index is 12.2. The van der Waals surface area contributed by atoms with Gasteiger partial charge in [-0.05, 0) is 37.1 Å². The molecule has 3 heterocycles. The number of carbonyl (C=O) groups excluding carboxylic acids is 1. The van der Waals surface area contributed by atoms with Crippen molar-refractivity contribution < 1.29 is 4.79 Å². The van der Waals surface area contributed by atoms with Crippen molar-refractivity contribution >= 4 is 28.3 Å². The van der Waals surface area contributed by atoms with Gasteiger partial charge >= 0.3 is 0 Å². The number of rotatable bonds is 6. The number of amides is 1. The van der Waals surface area contributed by atoms with Gasteiger partial charge in [-0.2, -0.15) is 5.10 Å². The molecule has 1 aromatic carbocycles. The molecule has 3 aromatic heterocycles. The maximum Gasteiger partial charge on any atom is 0.244 e. The highest BCUT2D eigenvalue weighted by Crippen LogP contribution is 2.21. The number of nitrogens with zero attached hydrogens (tertiary/aromatic N) is 4. The van der Waals surface area contributed by atoms with Gasteiger partial charge in [-0.1, -0.05) is 24.3 Å². The molecule has 0 bridgehead atoms. The number of aryl methyl sites for hydroxylation is 2. The van der Waals surface area contributed by atoms with E-state index in [4.69, 9.17) is 0 Å². The maximum absolute atomic E-state index is 12.2. The fourth-order valence-electron chi connectivity index (χ4n) is 3.03. The predicted molar refractivity (Wildman–Crippen MR) is 111 cm³/mol. The third kappa shape index (κ3) is 4.04. The van der Waals surface area contributed by atoms with Gasteiger partial charge in [0.2, 0.25) is 5.91 Å². The molecule has 0 saturated carbocycles. The van der Waals surface area contributed by atoms with Gasteiger partial charge in [0.25, 0.3) is 0 Å². The lowest BCUT2D eigenvalue weighted by molar-refractivity contribution is -0.116. The van der Waals surface area contributed by atoms with Crippen molar-refractivity contribution in [1.29, 1.82) is 0 Å². The number of hydrogen-bond acceptors (Lipinski definition) is 4. The standard InChI is InChI=1S/C21H21N5OS/c1-15-13-26-19(16(2)24-21(26)28-15)8-9-20(27)22-12-17-4-6-18(7-5-17)14-25-11-3-10-23-25/h3-11,13H,12,14H2,1-2H3,(H,22,27)/b9-8+. The minimum atomic E-state index is -0.123. The summed E-state index contributed by atoms with van der Waals surface area (Å²) < 4.78 is 3.91. The van der Waals surface area contributed by atoms with E-state index < -0.39 is 0 Å². The number of carbonyl (C=O) groups is 1. The predicted octanol–water partition coefficient (Wildman–Crippen LogP) is 3.59. The molecule has 4 rings (SSSR count). The summed E-state index contributed by atoms with van der Waals surface area (Å²) in [6.07, 6.45) is 9.14. The highest BCUT2D eigenvalue weighted by molar-refractivity contribution is 7.17. The molecular weight excluding hydrogens is 370 g/mol. The third-order valence-corrected chi connectivity index (χ3v) is 5.35. The Hall–Kier alpha value is -3.19. The summed E-state index contributed by atoms with van der Waals surface area (Å²) in [7, 11) is 0. The van der Waals surface area contributed by atoms with Gasteiger partial charge in [0.05, 0.1) is 17.9 Å². The second kappa shape index (κ2) is 7.82. The van der Waals surface area contributed by atoms with Crippen molar-refractivity contribution in [3.63, 3.8) is 0 Å². The first-order valence-corrected chi connectivity index (χ1v) is 9.86. The van der Waals surface area contributed by atoms with E-state index in [2.05, 4.69) is 34.5 Å². The van der Waals surface area contributed by atoms with E-state index in [9.17, 15) is 4.79 Å². The Morgan fingerprint density at radius 1 is 1.21 bits per heavy atom. The summed E-state index contributed by atoms with van der Waals surface area (Å²) in [5.74, 6) is -0.123. The average Bonchev–Trinajstić information content (AvgIpc) is 3.37. The topological polar surface area (TPSA) is 64.2 Å². The lowest BCUT2D eigenvalue weighted by atomic mass is 10.1. The number of nitrogens with one attached hydrogen (secondary N) is 1. The normalized spacial score (nSPS) is 11.5. The number of hydrogen-bond donors (Lipinski definition) is 1. The zero-order chi connectivity index (χ0) is 19.5. The van der Waals surface area contributed by atoms with E-state index in [0.29, 0.717) is 6.54 Å². The molecule has 0 unspecified atom stereocenters. The Labute approximate surface area is 167 Å². The minimum absolute atomic E-state index is 0.123. The van der Waals surface area contributed by atoms with Crippen LogP contribution in [0.5, 0.6) is 0 Å². The van der Waals surface area contributed by atoms with Crippen LogP contribution < -0.4 is 5.32 Å². The fourth-order valence-corrected chi connectivity index (χ4v) is 3.91. The second-order valence-corrected chi connectivity index (χ2v) is 7.86. The molecule has 0 fully saturated rings. The van der Waals surface area contributed by atoms with Crippen molar-refractivity contribution in [2.75, 3.05) is 0 Å². The monoisotopic (exact) mass is 391 g/mol. The van der Waals surface area contributed by atoms with Crippen LogP contribution in [0.1, 0.15) is 27.4 Å². The van der Waals surface area contributed by atoms with Crippen LogP contribution >= 0.6 is 11.3 Å². The van der Waals surface area contributed by atoms with Gasteiger partial charge in [-0.15, -0.1) is 11.3 Å². The van der Waals surface area contributed by atoms with Gasteiger partial charge in [0, 0.05) is 36.1 Å². The van der Waals surface area contributed by atoms with E-state index in [1.165, 1.54) is 10.4 Å². The van der Waals surface area contributed by atoms with Crippen LogP contribution in [0.15, 0.2) is 55.0 Å². The Bertz CT molecular complexity index is 1120. The molecule has 1 amide bonds. The van der Waals surface area contributed by atoms with Crippen LogP contribution in [0.4, 0.5) is 0 Å². The molecule has 0 atom stereocenters. The third-order valence-electron chi connectivity index (χ3n) is 4.45. The van der Waals surface area contributed by atoms with E-state index in [0.717, 1.165) is 28.5 Å². The van der Waals surface area contributed by atoms with E-state index in [1.54, 1.807) is 23.6 Å². The minimum Gasteiger partial charge on any atom is -0.348 e. The van der Waals surface area contributed by atoms with Crippen molar-refractivity contribution in [3.05, 3.63) is 82.4 Å². The lowest BCUT2D eigenvalue weighted by Gasteiger charge is -2.05. The molecule has 7 heteroatoms. The highest BCUT2D eigenvalue weighted by Gasteiger charge is 2.09. The van der Waals surface area contributed by atoms with Crippen LogP contribution in [0.3, 0.4) is 0 Å². The molecule has 6 nitrogen and oxygen atoms in total. The summed E-state index contributed by atoms with van der Waals surface area (Å²) in [5, 5.41) is 7.14. The van der Waals surface area contributed by atoms with E-state index in [1.807, 2.05) is 52.7 Å². The van der Waals surface area contributed by atoms with Crippen molar-refractivity contribution in [2.24, 2.45) is 0 Å². The van der Waals surface area contributed by atoms with Gasteiger partial charge < -0.3 is 5.32 Å². The van der Waals surface area contributed by atoms with Crippen LogP contribution in [0.2, 0.25) is 0 Å². The van der Waals surface area contributed by atoms with Gasteiger partial charge in [0.15, 0.2) is 4.96 Å². The lowest BCUT2D eigenvalue weighted by Crippen LogP contribution is -2.20. The quantitative estimate of drug-likeness (QED) is 0.511. The smallest absolute Gasteiger partial charge is 0.244 e. The molecule has 0 spiro atoms. The summed E-state index contributed by atoms with van der Waals surface area (Å²) in [6, 6.07) is 10.1. The number of thiazole rings is 1. The first-order chi connectivity index (χ1) is 13.6. The Morgan fingerprint density at radius 3 is 2.75 bits per heavy atom. The first kappa shape index (κ1) is 18.2. The molecule has 142 valence electrons. The van der Waals surface area contributed by atoms with Crippen molar-refractivity contribution in [3.8, 4) is 0 Å². The van der Waals surface area contributed by atoms with Crippen molar-refractivity contribution in [2.45, 2.75) is 26.9 Å². The Balaban J connectivity index is 1.35. The molecule has 0 aliphatic heterocycles. The average molecular weight is 392 g/mol. The summed E-state index contributed by atoms with van der Waals surface area (Å²) in [4.78, 5) is 18.9. The Kier molecular flexibility index (Phi) is 5.08. The van der Waals surface area contributed by atoms with Crippen LogP contribution in [-0.2, 0) is 17.9 Å².